The quantitative estimate of drug-likeness (QED) is 0.315. The van der Waals surface area contributed by atoms with Crippen molar-refractivity contribution in [2.75, 3.05) is 27.3 Å². The van der Waals surface area contributed by atoms with E-state index in [1.165, 1.54) is 4.90 Å². The van der Waals surface area contributed by atoms with Gasteiger partial charge in [-0.05, 0) is 35.0 Å². The Hall–Kier alpha value is -2.29. The lowest BCUT2D eigenvalue weighted by Gasteiger charge is -2.15. The first-order valence-corrected chi connectivity index (χ1v) is 7.61. The van der Waals surface area contributed by atoms with Crippen LogP contribution in [0.15, 0.2) is 21.7 Å². The summed E-state index contributed by atoms with van der Waals surface area (Å²) in [6.45, 7) is 2.23. The largest absolute Gasteiger partial charge is 0.490 e. The average molecular weight is 387 g/mol. The molecule has 126 valence electrons. The second-order valence-corrected chi connectivity index (χ2v) is 5.50. The molecule has 0 radical (unpaired) electrons. The van der Waals surface area contributed by atoms with E-state index in [-0.39, 0.29) is 18.5 Å². The van der Waals surface area contributed by atoms with Crippen LogP contribution in [-0.4, -0.2) is 50.3 Å². The van der Waals surface area contributed by atoms with Gasteiger partial charge in [0.1, 0.15) is 0 Å². The third-order valence-electron chi connectivity index (χ3n) is 2.60. The first-order valence-electron chi connectivity index (χ1n) is 6.81. The molecule has 0 aliphatic carbocycles. The predicted molar refractivity (Wildman–Crippen MR) is 91.4 cm³/mol. The molecule has 1 aromatic carbocycles. The first-order chi connectivity index (χ1) is 10.8. The van der Waals surface area contributed by atoms with Gasteiger partial charge in [-0.3, -0.25) is 4.79 Å². The van der Waals surface area contributed by atoms with Crippen molar-refractivity contribution in [2.45, 2.75) is 6.92 Å². The van der Waals surface area contributed by atoms with Crippen LogP contribution >= 0.6 is 15.9 Å². The maximum absolute atomic E-state index is 11.7. The number of rotatable bonds is 7. The standard InChI is InChI=1S/C14H20BrN5O3/c1-4-22-11-6-9(7-18-19-14(16)17)5-10(15)13(11)23-8-12(21)20(2)3/h5-7H,4,8H2,1-3H3,(H4,16,17,19)/p+1/b18-7+. The van der Waals surface area contributed by atoms with E-state index in [1.54, 1.807) is 32.4 Å². The number of halogens is 1. The second-order valence-electron chi connectivity index (χ2n) is 4.65. The van der Waals surface area contributed by atoms with E-state index < -0.39 is 0 Å². The Balaban J connectivity index is 3.04. The molecule has 0 aromatic heterocycles. The fraction of sp³-hybridized carbons (Fsp3) is 0.357. The van der Waals surface area contributed by atoms with Crippen molar-refractivity contribution in [3.8, 4) is 11.5 Å². The minimum absolute atomic E-state index is 0.0764. The van der Waals surface area contributed by atoms with Gasteiger partial charge >= 0.3 is 0 Å². The van der Waals surface area contributed by atoms with Crippen LogP contribution in [0.5, 0.6) is 11.5 Å². The highest BCUT2D eigenvalue weighted by atomic mass is 79.9. The third kappa shape index (κ3) is 6.15. The number of guanidine groups is 1. The lowest BCUT2D eigenvalue weighted by Crippen LogP contribution is -2.63. The minimum atomic E-state index is -0.149. The lowest BCUT2D eigenvalue weighted by molar-refractivity contribution is -0.456. The number of nitrogens with two attached hydrogens (primary N) is 2. The fourth-order valence-electron chi connectivity index (χ4n) is 1.52. The van der Waals surface area contributed by atoms with E-state index in [2.05, 4.69) is 26.1 Å². The predicted octanol–water partition coefficient (Wildman–Crippen LogP) is -0.997. The van der Waals surface area contributed by atoms with Gasteiger partial charge in [0.25, 0.3) is 11.9 Å². The van der Waals surface area contributed by atoms with E-state index in [1.807, 2.05) is 6.92 Å². The highest BCUT2D eigenvalue weighted by Gasteiger charge is 2.15. The number of nitrogens with one attached hydrogen (secondary N) is 1. The van der Waals surface area contributed by atoms with Gasteiger partial charge in [0.05, 0.1) is 11.1 Å². The second kappa shape index (κ2) is 8.99. The topological polar surface area (TPSA) is 117 Å². The molecule has 0 saturated heterocycles. The lowest BCUT2D eigenvalue weighted by atomic mass is 10.2. The van der Waals surface area contributed by atoms with Crippen molar-refractivity contribution in [2.24, 2.45) is 16.6 Å². The molecule has 8 nitrogen and oxygen atoms in total. The molecule has 5 N–H and O–H groups in total. The Morgan fingerprint density at radius 2 is 2.09 bits per heavy atom. The van der Waals surface area contributed by atoms with Crippen molar-refractivity contribution in [3.63, 3.8) is 0 Å². The zero-order valence-corrected chi connectivity index (χ0v) is 14.9. The van der Waals surface area contributed by atoms with Crippen LogP contribution < -0.4 is 26.0 Å². The van der Waals surface area contributed by atoms with Gasteiger partial charge in [0.2, 0.25) is 6.21 Å². The van der Waals surface area contributed by atoms with Crippen LogP contribution in [0.2, 0.25) is 0 Å². The van der Waals surface area contributed by atoms with Crippen LogP contribution in [0.25, 0.3) is 0 Å². The number of carbonyl (C=O) groups is 1. The molecule has 0 aliphatic rings. The number of hydrogen-bond donors (Lipinski definition) is 3. The van der Waals surface area contributed by atoms with Gasteiger partial charge in [-0.15, -0.1) is 5.10 Å². The minimum Gasteiger partial charge on any atom is -0.490 e. The summed E-state index contributed by atoms with van der Waals surface area (Å²) < 4.78 is 11.8. The maximum Gasteiger partial charge on any atom is 0.259 e. The number of carbonyl (C=O) groups excluding carboxylic acids is 1. The number of hydrogen-bond acceptors (Lipinski definition) is 4. The normalized spacial score (nSPS) is 10.4. The number of nitrogens with zero attached hydrogens (tertiary/aromatic N) is 2. The van der Waals surface area contributed by atoms with Gasteiger partial charge in [-0.1, -0.05) is 0 Å². The van der Waals surface area contributed by atoms with Gasteiger partial charge < -0.3 is 25.8 Å². The fourth-order valence-corrected chi connectivity index (χ4v) is 2.09. The summed E-state index contributed by atoms with van der Waals surface area (Å²) in [5, 5.41) is 6.27. The van der Waals surface area contributed by atoms with Crippen LogP contribution in [0, 0.1) is 0 Å². The summed E-state index contributed by atoms with van der Waals surface area (Å²) >= 11 is 3.41. The first kappa shape index (κ1) is 18.8. The highest BCUT2D eigenvalue weighted by Crippen LogP contribution is 2.36. The van der Waals surface area contributed by atoms with Gasteiger partial charge in [0.15, 0.2) is 18.1 Å². The molecule has 1 amide bonds. The zero-order chi connectivity index (χ0) is 17.4. The van der Waals surface area contributed by atoms with E-state index in [9.17, 15) is 4.79 Å². The van der Waals surface area contributed by atoms with Crippen molar-refractivity contribution >= 4 is 34.0 Å². The monoisotopic (exact) mass is 386 g/mol. The smallest absolute Gasteiger partial charge is 0.259 e. The molecule has 9 heteroatoms. The molecule has 1 aromatic rings. The Morgan fingerprint density at radius 3 is 2.65 bits per heavy atom. The van der Waals surface area contributed by atoms with Crippen LogP contribution in [0.3, 0.4) is 0 Å². The molecular weight excluding hydrogens is 366 g/mol. The molecule has 0 unspecified atom stereocenters. The van der Waals surface area contributed by atoms with E-state index in [4.69, 9.17) is 20.9 Å². The summed E-state index contributed by atoms with van der Waals surface area (Å²) in [6, 6.07) is 3.53. The summed E-state index contributed by atoms with van der Waals surface area (Å²) in [7, 11) is 3.33. The average Bonchev–Trinajstić information content (AvgIpc) is 2.45. The van der Waals surface area contributed by atoms with Crippen molar-refractivity contribution in [3.05, 3.63) is 22.2 Å². The van der Waals surface area contributed by atoms with Crippen LogP contribution in [0.1, 0.15) is 12.5 Å². The van der Waals surface area contributed by atoms with Gasteiger partial charge in [-0.2, -0.15) is 0 Å². The zero-order valence-electron chi connectivity index (χ0n) is 13.3. The van der Waals surface area contributed by atoms with E-state index in [0.717, 1.165) is 5.56 Å². The van der Waals surface area contributed by atoms with Crippen molar-refractivity contribution < 1.29 is 19.4 Å². The van der Waals surface area contributed by atoms with Gasteiger partial charge in [0, 0.05) is 24.8 Å². The SMILES string of the molecule is CCOc1cc(/C=[NH+]/N=C(N)N)cc(Br)c1OCC(=O)N(C)C. The molecule has 0 heterocycles. The maximum atomic E-state index is 11.7. The van der Waals surface area contributed by atoms with E-state index >= 15 is 0 Å². The highest BCUT2D eigenvalue weighted by molar-refractivity contribution is 9.10. The number of amides is 1. The number of hydrazone groups is 1. The molecule has 0 bridgehead atoms. The summed E-state index contributed by atoms with van der Waals surface area (Å²) in [4.78, 5) is 13.1. The summed E-state index contributed by atoms with van der Waals surface area (Å²) in [5.41, 5.74) is 11.2. The molecule has 1 rings (SSSR count). The summed E-state index contributed by atoms with van der Waals surface area (Å²) in [5.74, 6) is 0.740. The number of benzene rings is 1. The molecule has 0 saturated carbocycles. The summed E-state index contributed by atoms with van der Waals surface area (Å²) in [6.07, 6.45) is 1.60. The number of ether oxygens (including phenoxy) is 2. The molecular formula is C14H21BrN5O3+. The Bertz CT molecular complexity index is 613. The van der Waals surface area contributed by atoms with Crippen LogP contribution in [-0.2, 0) is 4.79 Å². The third-order valence-corrected chi connectivity index (χ3v) is 3.18. The van der Waals surface area contributed by atoms with Crippen molar-refractivity contribution in [1.29, 1.82) is 0 Å². The molecule has 23 heavy (non-hydrogen) atoms. The van der Waals surface area contributed by atoms with Gasteiger partial charge in [-0.25, -0.2) is 0 Å². The molecule has 0 spiro atoms. The van der Waals surface area contributed by atoms with Crippen molar-refractivity contribution in [1.82, 2.24) is 4.90 Å². The Labute approximate surface area is 143 Å². The Morgan fingerprint density at radius 1 is 1.39 bits per heavy atom. The molecule has 0 aliphatic heterocycles. The molecule has 0 fully saturated rings. The van der Waals surface area contributed by atoms with E-state index in [0.29, 0.717) is 22.6 Å². The number of likely N-dealkylation sites (N-methyl/N-ethyl adjacent to an activating group) is 1. The van der Waals surface area contributed by atoms with Crippen LogP contribution in [0.4, 0.5) is 0 Å². The molecule has 0 atom stereocenters. The Kier molecular flexibility index (Phi) is 7.33.